The lowest BCUT2D eigenvalue weighted by Gasteiger charge is -2.19. The molecule has 158 valence electrons. The number of carbonyl (C=O) groups is 1. The Morgan fingerprint density at radius 2 is 1.87 bits per heavy atom. The molecule has 3 heterocycles. The van der Waals surface area contributed by atoms with E-state index >= 15 is 0 Å². The van der Waals surface area contributed by atoms with Gasteiger partial charge in [0.25, 0.3) is 0 Å². The molecule has 0 radical (unpaired) electrons. The fourth-order valence-corrected chi connectivity index (χ4v) is 4.56. The summed E-state index contributed by atoms with van der Waals surface area (Å²) in [6.45, 7) is 1.60. The molecule has 2 aromatic heterocycles. The summed E-state index contributed by atoms with van der Waals surface area (Å²) in [5.41, 5.74) is 4.56. The van der Waals surface area contributed by atoms with E-state index in [0.29, 0.717) is 5.82 Å². The smallest absolute Gasteiger partial charge is 0.245 e. The van der Waals surface area contributed by atoms with Crippen molar-refractivity contribution < 1.29 is 4.79 Å². The van der Waals surface area contributed by atoms with Crippen LogP contribution in [0.5, 0.6) is 0 Å². The second-order valence-corrected chi connectivity index (χ2v) is 8.31. The first-order valence-electron chi connectivity index (χ1n) is 11.2. The second-order valence-electron chi connectivity index (χ2n) is 8.31. The minimum atomic E-state index is -0.207. The summed E-state index contributed by atoms with van der Waals surface area (Å²) in [7, 11) is 0. The highest BCUT2D eigenvalue weighted by molar-refractivity contribution is 5.86. The number of hydrogen-bond donors (Lipinski definition) is 1. The van der Waals surface area contributed by atoms with E-state index in [2.05, 4.69) is 34.6 Å². The molecule has 6 nitrogen and oxygen atoms in total. The van der Waals surface area contributed by atoms with Crippen LogP contribution < -0.4 is 5.32 Å². The summed E-state index contributed by atoms with van der Waals surface area (Å²) >= 11 is 0. The topological polar surface area (TPSA) is 71.0 Å². The van der Waals surface area contributed by atoms with E-state index in [1.165, 1.54) is 11.1 Å². The number of aromatic nitrogens is 3. The summed E-state index contributed by atoms with van der Waals surface area (Å²) < 4.78 is 0. The van der Waals surface area contributed by atoms with Crippen LogP contribution >= 0.6 is 0 Å². The lowest BCUT2D eigenvalue weighted by molar-refractivity contribution is -0.128. The fraction of sp³-hybridized carbons (Fsp3) is 0.360. The van der Waals surface area contributed by atoms with Gasteiger partial charge in [0, 0.05) is 42.3 Å². The molecule has 1 unspecified atom stereocenters. The van der Waals surface area contributed by atoms with Crippen molar-refractivity contribution in [1.29, 1.82) is 0 Å². The first kappa shape index (κ1) is 19.7. The Balaban J connectivity index is 1.27. The molecule has 1 aliphatic carbocycles. The number of nitrogens with zero attached hydrogens (tertiary/aromatic N) is 4. The number of likely N-dealkylation sites (tertiary alicyclic amines) is 1. The molecular weight excluding hydrogens is 386 g/mol. The molecule has 5 rings (SSSR count). The number of rotatable bonds is 7. The van der Waals surface area contributed by atoms with Crippen LogP contribution in [0, 0.1) is 0 Å². The van der Waals surface area contributed by atoms with Gasteiger partial charge in [-0.2, -0.15) is 0 Å². The average molecular weight is 414 g/mol. The number of fused-ring (bicyclic) bond motifs is 1. The monoisotopic (exact) mass is 413 g/mol. The second kappa shape index (κ2) is 8.84. The number of amides is 1. The number of carbonyl (C=O) groups excluding carboxylic acids is 1. The van der Waals surface area contributed by atoms with Crippen LogP contribution in [0.4, 0.5) is 5.82 Å². The van der Waals surface area contributed by atoms with Crippen LogP contribution in [0.2, 0.25) is 0 Å². The Morgan fingerprint density at radius 3 is 2.71 bits per heavy atom. The third-order valence-electron chi connectivity index (χ3n) is 6.22. The zero-order valence-corrected chi connectivity index (χ0v) is 17.6. The van der Waals surface area contributed by atoms with Gasteiger partial charge in [0.2, 0.25) is 5.91 Å². The van der Waals surface area contributed by atoms with Crippen molar-refractivity contribution in [2.45, 2.75) is 44.6 Å². The predicted octanol–water partition coefficient (Wildman–Crippen LogP) is 3.67. The van der Waals surface area contributed by atoms with Gasteiger partial charge in [0.1, 0.15) is 11.9 Å². The zero-order chi connectivity index (χ0) is 21.0. The SMILES string of the molecule is O=C1C(Nc2nc(-c3ccncc3)nc3c2CCC3)CCN1CCCc1ccccc1. The van der Waals surface area contributed by atoms with Crippen LogP contribution in [-0.2, 0) is 24.1 Å². The van der Waals surface area contributed by atoms with Gasteiger partial charge in [0.05, 0.1) is 0 Å². The summed E-state index contributed by atoms with van der Waals surface area (Å²) in [6.07, 6.45) is 9.33. The average Bonchev–Trinajstić information content (AvgIpc) is 3.43. The molecule has 0 spiro atoms. The molecule has 0 bridgehead atoms. The van der Waals surface area contributed by atoms with Crippen LogP contribution in [0.25, 0.3) is 11.4 Å². The van der Waals surface area contributed by atoms with E-state index in [0.717, 1.165) is 68.7 Å². The minimum absolute atomic E-state index is 0.184. The van der Waals surface area contributed by atoms with Crippen LogP contribution in [0.3, 0.4) is 0 Å². The molecule has 1 saturated heterocycles. The molecule has 1 fully saturated rings. The molecule has 0 saturated carbocycles. The van der Waals surface area contributed by atoms with Crippen molar-refractivity contribution in [3.05, 3.63) is 71.7 Å². The normalized spacial score (nSPS) is 17.7. The number of nitrogens with one attached hydrogen (secondary N) is 1. The van der Waals surface area contributed by atoms with Crippen molar-refractivity contribution in [1.82, 2.24) is 19.9 Å². The summed E-state index contributed by atoms with van der Waals surface area (Å²) in [5, 5.41) is 3.48. The summed E-state index contributed by atoms with van der Waals surface area (Å²) in [6, 6.07) is 14.1. The quantitative estimate of drug-likeness (QED) is 0.640. The molecule has 1 aliphatic heterocycles. The van der Waals surface area contributed by atoms with Crippen LogP contribution in [0.1, 0.15) is 36.1 Å². The summed E-state index contributed by atoms with van der Waals surface area (Å²) in [5.74, 6) is 1.72. The Kier molecular flexibility index (Phi) is 5.61. The van der Waals surface area contributed by atoms with Crippen molar-refractivity contribution >= 4 is 11.7 Å². The molecule has 2 aliphatic rings. The van der Waals surface area contributed by atoms with Gasteiger partial charge in [-0.25, -0.2) is 9.97 Å². The number of anilines is 1. The van der Waals surface area contributed by atoms with E-state index in [-0.39, 0.29) is 11.9 Å². The van der Waals surface area contributed by atoms with Crippen molar-refractivity contribution in [2.75, 3.05) is 18.4 Å². The predicted molar refractivity (Wildman–Crippen MR) is 121 cm³/mol. The molecule has 6 heteroatoms. The van der Waals surface area contributed by atoms with Gasteiger partial charge >= 0.3 is 0 Å². The van der Waals surface area contributed by atoms with E-state index in [1.807, 2.05) is 23.1 Å². The van der Waals surface area contributed by atoms with Crippen LogP contribution in [0.15, 0.2) is 54.9 Å². The third-order valence-corrected chi connectivity index (χ3v) is 6.22. The number of benzene rings is 1. The molecule has 1 N–H and O–H groups in total. The number of aryl methyl sites for hydroxylation is 2. The van der Waals surface area contributed by atoms with Gasteiger partial charge in [-0.05, 0) is 56.2 Å². The standard InChI is InChI=1S/C25H27N5O/c31-25-22(13-17-30(25)16-5-8-18-6-2-1-3-7-18)28-24-20-9-4-10-21(20)27-23(29-24)19-11-14-26-15-12-19/h1-3,6-7,11-12,14-15,22H,4-5,8-10,13,16-17H2,(H,27,28,29). The van der Waals surface area contributed by atoms with Gasteiger partial charge in [-0.1, -0.05) is 30.3 Å². The Hall–Kier alpha value is -3.28. The number of pyridine rings is 1. The van der Waals surface area contributed by atoms with Gasteiger partial charge in [-0.15, -0.1) is 0 Å². The van der Waals surface area contributed by atoms with Crippen molar-refractivity contribution in [3.8, 4) is 11.4 Å². The van der Waals surface area contributed by atoms with Crippen LogP contribution in [-0.4, -0.2) is 44.9 Å². The highest BCUT2D eigenvalue weighted by Gasteiger charge is 2.32. The molecule has 1 atom stereocenters. The molecular formula is C25H27N5O. The minimum Gasteiger partial charge on any atom is -0.358 e. The molecule has 1 aromatic carbocycles. The fourth-order valence-electron chi connectivity index (χ4n) is 4.56. The lowest BCUT2D eigenvalue weighted by Crippen LogP contribution is -2.34. The summed E-state index contributed by atoms with van der Waals surface area (Å²) in [4.78, 5) is 28.7. The first-order chi connectivity index (χ1) is 15.3. The number of hydrogen-bond acceptors (Lipinski definition) is 5. The van der Waals surface area contributed by atoms with E-state index in [4.69, 9.17) is 9.97 Å². The molecule has 3 aromatic rings. The molecule has 31 heavy (non-hydrogen) atoms. The Labute approximate surface area is 182 Å². The van der Waals surface area contributed by atoms with Gasteiger partial charge in [0.15, 0.2) is 5.82 Å². The lowest BCUT2D eigenvalue weighted by atomic mass is 10.1. The maximum atomic E-state index is 13.0. The van der Waals surface area contributed by atoms with Crippen molar-refractivity contribution in [3.63, 3.8) is 0 Å². The van der Waals surface area contributed by atoms with E-state index in [1.54, 1.807) is 12.4 Å². The zero-order valence-electron chi connectivity index (χ0n) is 17.6. The Bertz CT molecular complexity index is 1050. The van der Waals surface area contributed by atoms with E-state index in [9.17, 15) is 4.79 Å². The first-order valence-corrected chi connectivity index (χ1v) is 11.2. The van der Waals surface area contributed by atoms with Crippen molar-refractivity contribution in [2.24, 2.45) is 0 Å². The largest absolute Gasteiger partial charge is 0.358 e. The third kappa shape index (κ3) is 4.29. The van der Waals surface area contributed by atoms with E-state index < -0.39 is 0 Å². The van der Waals surface area contributed by atoms with Gasteiger partial charge in [-0.3, -0.25) is 9.78 Å². The highest BCUT2D eigenvalue weighted by atomic mass is 16.2. The van der Waals surface area contributed by atoms with Gasteiger partial charge < -0.3 is 10.2 Å². The maximum Gasteiger partial charge on any atom is 0.245 e. The highest BCUT2D eigenvalue weighted by Crippen LogP contribution is 2.30. The molecule has 1 amide bonds. The Morgan fingerprint density at radius 1 is 1.03 bits per heavy atom. The maximum absolute atomic E-state index is 13.0.